The maximum atomic E-state index is 14.4. The highest BCUT2D eigenvalue weighted by Gasteiger charge is 2.45. The van der Waals surface area contributed by atoms with Crippen LogP contribution in [0.3, 0.4) is 0 Å². The molecule has 6 heteroatoms. The molecule has 0 N–H and O–H groups in total. The molecule has 1 aromatic heterocycles. The Morgan fingerprint density at radius 3 is 2.62 bits per heavy atom. The van der Waals surface area contributed by atoms with Gasteiger partial charge in [-0.15, -0.1) is 11.3 Å². The molecule has 150 valence electrons. The zero-order chi connectivity index (χ0) is 20.3. The fourth-order valence-corrected chi connectivity index (χ4v) is 4.84. The van der Waals surface area contributed by atoms with Crippen molar-refractivity contribution in [3.63, 3.8) is 0 Å². The van der Waals surface area contributed by atoms with Gasteiger partial charge in [0.25, 0.3) is 0 Å². The van der Waals surface area contributed by atoms with Crippen molar-refractivity contribution >= 4 is 17.3 Å². The number of para-hydroxylation sites is 1. The van der Waals surface area contributed by atoms with Gasteiger partial charge in [0.05, 0.1) is 23.8 Å². The first kappa shape index (κ1) is 19.6. The van der Waals surface area contributed by atoms with E-state index in [0.29, 0.717) is 24.1 Å². The molecule has 4 rings (SSSR count). The lowest BCUT2D eigenvalue weighted by Crippen LogP contribution is -2.35. The molecule has 2 aromatic carbocycles. The first-order valence-corrected chi connectivity index (χ1v) is 10.5. The number of nitrogens with zero attached hydrogens (tertiary/aromatic N) is 1. The SMILES string of the molecule is COc1ccccc1-c1nc(COC(=O)C2(c3ccccc3F)CCCC2)cs1. The molecule has 0 amide bonds. The van der Waals surface area contributed by atoms with Crippen molar-refractivity contribution in [2.24, 2.45) is 0 Å². The van der Waals surface area contributed by atoms with Gasteiger partial charge >= 0.3 is 5.97 Å². The summed E-state index contributed by atoms with van der Waals surface area (Å²) in [4.78, 5) is 17.6. The number of ether oxygens (including phenoxy) is 2. The van der Waals surface area contributed by atoms with Crippen LogP contribution in [0.4, 0.5) is 4.39 Å². The van der Waals surface area contributed by atoms with Gasteiger partial charge in [0, 0.05) is 10.9 Å². The molecule has 0 aliphatic heterocycles. The van der Waals surface area contributed by atoms with Gasteiger partial charge in [0.1, 0.15) is 23.2 Å². The third-order valence-electron chi connectivity index (χ3n) is 5.48. The van der Waals surface area contributed by atoms with Gasteiger partial charge in [-0.2, -0.15) is 0 Å². The van der Waals surface area contributed by atoms with Crippen LogP contribution >= 0.6 is 11.3 Å². The molecule has 1 aliphatic rings. The fraction of sp³-hybridized carbons (Fsp3) is 0.304. The standard InChI is InChI=1S/C23H22FNO3S/c1-27-20-11-5-2-8-17(20)21-25-16(15-29-21)14-28-22(26)23(12-6-7-13-23)18-9-3-4-10-19(18)24/h2-5,8-11,15H,6-7,12-14H2,1H3. The number of hydrogen-bond acceptors (Lipinski definition) is 5. The largest absolute Gasteiger partial charge is 0.496 e. The van der Waals surface area contributed by atoms with E-state index in [-0.39, 0.29) is 18.4 Å². The van der Waals surface area contributed by atoms with Gasteiger partial charge in [0.15, 0.2) is 0 Å². The van der Waals surface area contributed by atoms with E-state index in [2.05, 4.69) is 4.98 Å². The Hall–Kier alpha value is -2.73. The Labute approximate surface area is 173 Å². The van der Waals surface area contributed by atoms with Crippen molar-refractivity contribution < 1.29 is 18.7 Å². The van der Waals surface area contributed by atoms with E-state index >= 15 is 0 Å². The molecule has 3 aromatic rings. The van der Waals surface area contributed by atoms with E-state index in [9.17, 15) is 9.18 Å². The average molecular weight is 411 g/mol. The Morgan fingerprint density at radius 2 is 1.86 bits per heavy atom. The molecule has 0 atom stereocenters. The van der Waals surface area contributed by atoms with Crippen molar-refractivity contribution in [2.75, 3.05) is 7.11 Å². The fourth-order valence-electron chi connectivity index (χ4n) is 4.01. The minimum Gasteiger partial charge on any atom is -0.496 e. The summed E-state index contributed by atoms with van der Waals surface area (Å²) in [6.45, 7) is 0.0701. The van der Waals surface area contributed by atoms with Gasteiger partial charge in [0.2, 0.25) is 0 Å². The van der Waals surface area contributed by atoms with Gasteiger partial charge in [-0.05, 0) is 31.0 Å². The maximum absolute atomic E-state index is 14.4. The summed E-state index contributed by atoms with van der Waals surface area (Å²) in [5.74, 6) is 0.0280. The number of thiazole rings is 1. The number of halogens is 1. The first-order valence-electron chi connectivity index (χ1n) is 9.64. The van der Waals surface area contributed by atoms with Crippen LogP contribution in [0, 0.1) is 5.82 Å². The second-order valence-electron chi connectivity index (χ2n) is 7.19. The average Bonchev–Trinajstić information content (AvgIpc) is 3.43. The maximum Gasteiger partial charge on any atom is 0.317 e. The van der Waals surface area contributed by atoms with Gasteiger partial charge in [-0.25, -0.2) is 9.37 Å². The topological polar surface area (TPSA) is 48.4 Å². The lowest BCUT2D eigenvalue weighted by Gasteiger charge is -2.27. The number of benzene rings is 2. The number of hydrogen-bond donors (Lipinski definition) is 0. The van der Waals surface area contributed by atoms with Crippen molar-refractivity contribution in [1.29, 1.82) is 0 Å². The molecule has 0 spiro atoms. The predicted molar refractivity (Wildman–Crippen MR) is 110 cm³/mol. The zero-order valence-corrected chi connectivity index (χ0v) is 17.0. The Balaban J connectivity index is 1.51. The zero-order valence-electron chi connectivity index (χ0n) is 16.2. The number of methoxy groups -OCH3 is 1. The van der Waals surface area contributed by atoms with E-state index in [1.165, 1.54) is 17.4 Å². The van der Waals surface area contributed by atoms with Crippen molar-refractivity contribution in [3.8, 4) is 16.3 Å². The van der Waals surface area contributed by atoms with Crippen LogP contribution in [0.1, 0.15) is 36.9 Å². The van der Waals surface area contributed by atoms with Gasteiger partial charge in [-0.3, -0.25) is 4.79 Å². The molecular weight excluding hydrogens is 389 g/mol. The quantitative estimate of drug-likeness (QED) is 0.502. The lowest BCUT2D eigenvalue weighted by molar-refractivity contribution is -0.152. The molecule has 29 heavy (non-hydrogen) atoms. The predicted octanol–water partition coefficient (Wildman–Crippen LogP) is 5.51. The summed E-state index contributed by atoms with van der Waals surface area (Å²) in [5, 5.41) is 2.68. The molecule has 1 heterocycles. The number of carbonyl (C=O) groups is 1. The Bertz CT molecular complexity index is 1010. The third-order valence-corrected chi connectivity index (χ3v) is 6.40. The van der Waals surface area contributed by atoms with E-state index in [1.54, 1.807) is 25.3 Å². The minimum atomic E-state index is -0.896. The Kier molecular flexibility index (Phi) is 5.62. The summed E-state index contributed by atoms with van der Waals surface area (Å²) >= 11 is 1.47. The molecule has 1 saturated carbocycles. The molecule has 0 saturated heterocycles. The van der Waals surface area contributed by atoms with Crippen LogP contribution in [0.25, 0.3) is 10.6 Å². The highest BCUT2D eigenvalue weighted by molar-refractivity contribution is 7.13. The highest BCUT2D eigenvalue weighted by atomic mass is 32.1. The summed E-state index contributed by atoms with van der Waals surface area (Å²) in [5.41, 5.74) is 1.12. The van der Waals surface area contributed by atoms with Crippen LogP contribution in [-0.2, 0) is 21.6 Å². The van der Waals surface area contributed by atoms with E-state index in [4.69, 9.17) is 9.47 Å². The van der Waals surface area contributed by atoms with Gasteiger partial charge < -0.3 is 9.47 Å². The third kappa shape index (κ3) is 3.77. The molecular formula is C23H22FNO3S. The number of aromatic nitrogens is 1. The number of esters is 1. The second-order valence-corrected chi connectivity index (χ2v) is 8.05. The molecule has 4 nitrogen and oxygen atoms in total. The summed E-state index contributed by atoms with van der Waals surface area (Å²) in [6.07, 6.45) is 2.99. The smallest absolute Gasteiger partial charge is 0.317 e. The van der Waals surface area contributed by atoms with Crippen LogP contribution in [0.2, 0.25) is 0 Å². The molecule has 0 unspecified atom stereocenters. The van der Waals surface area contributed by atoms with Crippen LogP contribution < -0.4 is 4.74 Å². The summed E-state index contributed by atoms with van der Waals surface area (Å²) in [6, 6.07) is 14.2. The molecule has 1 aliphatic carbocycles. The monoisotopic (exact) mass is 411 g/mol. The number of carbonyl (C=O) groups excluding carboxylic acids is 1. The van der Waals surface area contributed by atoms with Crippen molar-refractivity contribution in [1.82, 2.24) is 4.98 Å². The summed E-state index contributed by atoms with van der Waals surface area (Å²) < 4.78 is 25.5. The Morgan fingerprint density at radius 1 is 1.14 bits per heavy atom. The van der Waals surface area contributed by atoms with Crippen molar-refractivity contribution in [2.45, 2.75) is 37.7 Å². The van der Waals surface area contributed by atoms with Crippen LogP contribution in [0.15, 0.2) is 53.9 Å². The van der Waals surface area contributed by atoms with E-state index < -0.39 is 5.41 Å². The van der Waals surface area contributed by atoms with Gasteiger partial charge in [-0.1, -0.05) is 43.2 Å². The second kappa shape index (κ2) is 8.33. The van der Waals surface area contributed by atoms with E-state index in [1.807, 2.05) is 29.6 Å². The normalized spacial score (nSPS) is 15.2. The van der Waals surface area contributed by atoms with E-state index in [0.717, 1.165) is 29.2 Å². The first-order chi connectivity index (χ1) is 14.1. The van der Waals surface area contributed by atoms with Crippen molar-refractivity contribution in [3.05, 3.63) is 71.0 Å². The summed E-state index contributed by atoms with van der Waals surface area (Å²) in [7, 11) is 1.62. The minimum absolute atomic E-state index is 0.0701. The molecule has 1 fully saturated rings. The van der Waals surface area contributed by atoms with Crippen LogP contribution in [0.5, 0.6) is 5.75 Å². The molecule has 0 bridgehead atoms. The highest BCUT2D eigenvalue weighted by Crippen LogP contribution is 2.43. The lowest BCUT2D eigenvalue weighted by atomic mass is 9.78. The number of rotatable bonds is 6. The van der Waals surface area contributed by atoms with Crippen LogP contribution in [-0.4, -0.2) is 18.1 Å². The molecule has 0 radical (unpaired) electrons.